The first-order valence-corrected chi connectivity index (χ1v) is 6.80. The van der Waals surface area contributed by atoms with Crippen LogP contribution in [0.3, 0.4) is 0 Å². The molecule has 0 saturated carbocycles. The van der Waals surface area contributed by atoms with Gasteiger partial charge in [0.15, 0.2) is 0 Å². The third kappa shape index (κ3) is 2.65. The van der Waals surface area contributed by atoms with Gasteiger partial charge in [0.2, 0.25) is 0 Å². The molecule has 5 heteroatoms. The van der Waals surface area contributed by atoms with Crippen LogP contribution in [0.4, 0.5) is 0 Å². The quantitative estimate of drug-likeness (QED) is 0.936. The zero-order valence-corrected chi connectivity index (χ0v) is 12.2. The van der Waals surface area contributed by atoms with Gasteiger partial charge >= 0.3 is 0 Å². The first kappa shape index (κ1) is 14.0. The van der Waals surface area contributed by atoms with E-state index < -0.39 is 0 Å². The average molecular weight is 279 g/mol. The lowest BCUT2D eigenvalue weighted by Crippen LogP contribution is -2.33. The minimum absolute atomic E-state index is 0.0146. The van der Waals surface area contributed by atoms with E-state index in [-0.39, 0.29) is 12.1 Å². The molecule has 0 radical (unpaired) electrons. The van der Waals surface area contributed by atoms with Gasteiger partial charge in [-0.1, -0.05) is 18.5 Å². The predicted octanol–water partition coefficient (Wildman–Crippen LogP) is 2.88. The standard InChI is InChI=1S/C14H19ClN4/c1-4-12(16)14(11-5-7-17-8-6-11)19-10(3)13(15)9(2)18-19/h5-8,12,14H,4,16H2,1-3H3. The summed E-state index contributed by atoms with van der Waals surface area (Å²) in [7, 11) is 0. The van der Waals surface area contributed by atoms with Crippen LogP contribution in [0.5, 0.6) is 0 Å². The summed E-state index contributed by atoms with van der Waals surface area (Å²) in [6.07, 6.45) is 4.42. The minimum Gasteiger partial charge on any atom is -0.326 e. The third-order valence-electron chi connectivity index (χ3n) is 3.42. The number of aromatic nitrogens is 3. The number of hydrogen-bond acceptors (Lipinski definition) is 3. The first-order valence-electron chi connectivity index (χ1n) is 6.43. The molecule has 0 saturated heterocycles. The van der Waals surface area contributed by atoms with Crippen molar-refractivity contribution in [1.29, 1.82) is 0 Å². The molecule has 2 aromatic heterocycles. The van der Waals surface area contributed by atoms with E-state index >= 15 is 0 Å². The molecule has 0 bridgehead atoms. The van der Waals surface area contributed by atoms with Gasteiger partial charge in [0.1, 0.15) is 0 Å². The van der Waals surface area contributed by atoms with E-state index in [1.165, 1.54) is 0 Å². The number of aryl methyl sites for hydroxylation is 1. The summed E-state index contributed by atoms with van der Waals surface area (Å²) in [5.41, 5.74) is 9.17. The van der Waals surface area contributed by atoms with Crippen LogP contribution >= 0.6 is 11.6 Å². The molecule has 0 spiro atoms. The molecule has 2 atom stereocenters. The van der Waals surface area contributed by atoms with Gasteiger partial charge in [-0.15, -0.1) is 0 Å². The minimum atomic E-state index is -0.0172. The van der Waals surface area contributed by atoms with Gasteiger partial charge in [-0.05, 0) is 38.0 Å². The van der Waals surface area contributed by atoms with Crippen molar-refractivity contribution in [2.24, 2.45) is 5.73 Å². The highest BCUT2D eigenvalue weighted by Crippen LogP contribution is 2.28. The van der Waals surface area contributed by atoms with Crippen molar-refractivity contribution in [2.75, 3.05) is 0 Å². The highest BCUT2D eigenvalue weighted by Gasteiger charge is 2.24. The fourth-order valence-corrected chi connectivity index (χ4v) is 2.39. The fourth-order valence-electron chi connectivity index (χ4n) is 2.27. The van der Waals surface area contributed by atoms with Crippen molar-refractivity contribution in [3.8, 4) is 0 Å². The molecule has 4 nitrogen and oxygen atoms in total. The highest BCUT2D eigenvalue weighted by molar-refractivity contribution is 6.31. The van der Waals surface area contributed by atoms with E-state index in [0.29, 0.717) is 5.02 Å². The number of nitrogens with zero attached hydrogens (tertiary/aromatic N) is 3. The van der Waals surface area contributed by atoms with Crippen LogP contribution in [-0.2, 0) is 0 Å². The zero-order chi connectivity index (χ0) is 14.0. The fraction of sp³-hybridized carbons (Fsp3) is 0.429. The van der Waals surface area contributed by atoms with E-state index in [0.717, 1.165) is 23.4 Å². The molecule has 0 aliphatic rings. The van der Waals surface area contributed by atoms with Crippen molar-refractivity contribution in [3.63, 3.8) is 0 Å². The van der Waals surface area contributed by atoms with Crippen molar-refractivity contribution >= 4 is 11.6 Å². The molecule has 0 amide bonds. The van der Waals surface area contributed by atoms with Crippen molar-refractivity contribution in [2.45, 2.75) is 39.3 Å². The molecule has 2 unspecified atom stereocenters. The van der Waals surface area contributed by atoms with Crippen LogP contribution in [0.25, 0.3) is 0 Å². The van der Waals surface area contributed by atoms with Gasteiger partial charge in [0.25, 0.3) is 0 Å². The molecular weight excluding hydrogens is 260 g/mol. The molecule has 2 heterocycles. The van der Waals surface area contributed by atoms with Gasteiger partial charge < -0.3 is 5.73 Å². The molecular formula is C14H19ClN4. The van der Waals surface area contributed by atoms with Crippen LogP contribution in [0.1, 0.15) is 36.3 Å². The molecule has 0 aliphatic carbocycles. The number of halogens is 1. The Morgan fingerprint density at radius 3 is 2.42 bits per heavy atom. The molecule has 0 aliphatic heterocycles. The van der Waals surface area contributed by atoms with Crippen molar-refractivity contribution < 1.29 is 0 Å². The van der Waals surface area contributed by atoms with E-state index in [1.54, 1.807) is 12.4 Å². The number of nitrogens with two attached hydrogens (primary N) is 1. The highest BCUT2D eigenvalue weighted by atomic mass is 35.5. The number of hydrogen-bond donors (Lipinski definition) is 1. The maximum absolute atomic E-state index is 6.29. The molecule has 0 aromatic carbocycles. The topological polar surface area (TPSA) is 56.7 Å². The van der Waals surface area contributed by atoms with Crippen LogP contribution in [0.2, 0.25) is 5.02 Å². The van der Waals surface area contributed by atoms with Crippen LogP contribution < -0.4 is 5.73 Å². The lowest BCUT2D eigenvalue weighted by atomic mass is 9.99. The Balaban J connectivity index is 2.52. The van der Waals surface area contributed by atoms with E-state index in [4.69, 9.17) is 17.3 Å². The predicted molar refractivity (Wildman–Crippen MR) is 77.4 cm³/mol. The Labute approximate surface area is 118 Å². The van der Waals surface area contributed by atoms with Crippen LogP contribution in [0.15, 0.2) is 24.5 Å². The molecule has 2 aromatic rings. The summed E-state index contributed by atoms with van der Waals surface area (Å²) in [6, 6.07) is 3.92. The SMILES string of the molecule is CCC(N)C(c1ccncc1)n1nc(C)c(Cl)c1C. The first-order chi connectivity index (χ1) is 9.06. The Kier molecular flexibility index (Phi) is 4.22. The summed E-state index contributed by atoms with van der Waals surface area (Å²) in [4.78, 5) is 4.06. The Hall–Kier alpha value is -1.39. The number of rotatable bonds is 4. The average Bonchev–Trinajstić information content (AvgIpc) is 2.68. The summed E-state index contributed by atoms with van der Waals surface area (Å²) in [5.74, 6) is 0. The summed E-state index contributed by atoms with van der Waals surface area (Å²) < 4.78 is 1.93. The van der Waals surface area contributed by atoms with Crippen molar-refractivity contribution in [3.05, 3.63) is 46.5 Å². The van der Waals surface area contributed by atoms with Gasteiger partial charge in [-0.2, -0.15) is 5.10 Å². The lowest BCUT2D eigenvalue weighted by molar-refractivity contribution is 0.415. The van der Waals surface area contributed by atoms with Gasteiger partial charge in [0.05, 0.1) is 22.5 Å². The largest absolute Gasteiger partial charge is 0.326 e. The van der Waals surface area contributed by atoms with Gasteiger partial charge in [-0.25, -0.2) is 0 Å². The summed E-state index contributed by atoms with van der Waals surface area (Å²) in [6.45, 7) is 5.96. The van der Waals surface area contributed by atoms with E-state index in [1.807, 2.05) is 30.7 Å². The Morgan fingerprint density at radius 2 is 1.95 bits per heavy atom. The maximum Gasteiger partial charge on any atom is 0.0924 e. The lowest BCUT2D eigenvalue weighted by Gasteiger charge is -2.25. The molecule has 0 fully saturated rings. The van der Waals surface area contributed by atoms with Crippen molar-refractivity contribution in [1.82, 2.24) is 14.8 Å². The zero-order valence-electron chi connectivity index (χ0n) is 11.5. The second kappa shape index (κ2) is 5.72. The molecule has 2 rings (SSSR count). The Morgan fingerprint density at radius 1 is 1.32 bits per heavy atom. The monoisotopic (exact) mass is 278 g/mol. The second-order valence-electron chi connectivity index (χ2n) is 4.73. The summed E-state index contributed by atoms with van der Waals surface area (Å²) >= 11 is 6.24. The van der Waals surface area contributed by atoms with Crippen LogP contribution in [0, 0.1) is 13.8 Å². The maximum atomic E-state index is 6.29. The molecule has 19 heavy (non-hydrogen) atoms. The molecule has 2 N–H and O–H groups in total. The smallest absolute Gasteiger partial charge is 0.0924 e. The number of pyridine rings is 1. The third-order valence-corrected chi connectivity index (χ3v) is 3.97. The summed E-state index contributed by atoms with van der Waals surface area (Å²) in [5, 5.41) is 5.25. The van der Waals surface area contributed by atoms with Gasteiger partial charge in [0, 0.05) is 18.4 Å². The normalized spacial score (nSPS) is 14.4. The van der Waals surface area contributed by atoms with Crippen LogP contribution in [-0.4, -0.2) is 20.8 Å². The molecule has 102 valence electrons. The van der Waals surface area contributed by atoms with Gasteiger partial charge in [-0.3, -0.25) is 9.67 Å². The van der Waals surface area contributed by atoms with E-state index in [2.05, 4.69) is 17.0 Å². The van der Waals surface area contributed by atoms with E-state index in [9.17, 15) is 0 Å². The Bertz CT molecular complexity index is 550. The second-order valence-corrected chi connectivity index (χ2v) is 5.10.